The molecule has 1 aromatic heterocycles. The normalized spacial score (nSPS) is 19.9. The van der Waals surface area contributed by atoms with E-state index in [1.165, 1.54) is 6.42 Å². The fourth-order valence-corrected chi connectivity index (χ4v) is 3.91. The molecule has 0 aliphatic carbocycles. The van der Waals surface area contributed by atoms with Crippen LogP contribution in [0, 0.1) is 0 Å². The van der Waals surface area contributed by atoms with Crippen molar-refractivity contribution in [2.45, 2.75) is 12.5 Å². The molecule has 7 heteroatoms. The number of halogens is 1. The van der Waals surface area contributed by atoms with Gasteiger partial charge in [0.25, 0.3) is 0 Å². The smallest absolute Gasteiger partial charge is 0.172 e. The Kier molecular flexibility index (Phi) is 4.76. The zero-order chi connectivity index (χ0) is 17.2. The summed E-state index contributed by atoms with van der Waals surface area (Å²) in [6.07, 6.45) is 1.18. The van der Waals surface area contributed by atoms with Gasteiger partial charge in [-0.25, -0.2) is 0 Å². The number of hydrogen-bond donors (Lipinski definition) is 2. The lowest BCUT2D eigenvalue weighted by molar-refractivity contribution is 0.225. The summed E-state index contributed by atoms with van der Waals surface area (Å²) in [7, 11) is 0. The highest BCUT2D eigenvalue weighted by molar-refractivity contribution is 9.09. The van der Waals surface area contributed by atoms with Gasteiger partial charge in [0, 0.05) is 37.1 Å². The van der Waals surface area contributed by atoms with Crippen LogP contribution in [0.15, 0.2) is 30.3 Å². The van der Waals surface area contributed by atoms with Gasteiger partial charge in [0.2, 0.25) is 0 Å². The van der Waals surface area contributed by atoms with Gasteiger partial charge in [-0.1, -0.05) is 28.1 Å². The molecule has 1 unspecified atom stereocenters. The van der Waals surface area contributed by atoms with Gasteiger partial charge >= 0.3 is 0 Å². The van der Waals surface area contributed by atoms with Crippen molar-refractivity contribution in [2.24, 2.45) is 0 Å². The topological polar surface area (TPSA) is 64.5 Å². The largest absolute Gasteiger partial charge is 0.507 e. The number of anilines is 2. The van der Waals surface area contributed by atoms with E-state index in [-0.39, 0.29) is 5.75 Å². The van der Waals surface area contributed by atoms with Gasteiger partial charge in [-0.05, 0) is 31.2 Å². The third-order valence-corrected chi connectivity index (χ3v) is 5.50. The molecule has 0 amide bonds. The second-order valence-electron chi connectivity index (χ2n) is 6.55. The Labute approximate surface area is 156 Å². The lowest BCUT2D eigenvalue weighted by Crippen LogP contribution is -2.58. The molecule has 2 aliphatic rings. The maximum atomic E-state index is 10.1. The van der Waals surface area contributed by atoms with Gasteiger partial charge in [0.15, 0.2) is 5.82 Å². The molecule has 4 rings (SSSR count). The summed E-state index contributed by atoms with van der Waals surface area (Å²) in [5.41, 5.74) is 2.52. The SMILES string of the molecule is Oc1ccccc1-c1cc2c(nn1)NCC1CN(CCCBr)CCN21. The highest BCUT2D eigenvalue weighted by atomic mass is 79.9. The van der Waals surface area contributed by atoms with Crippen molar-refractivity contribution in [1.82, 2.24) is 15.1 Å². The Morgan fingerprint density at radius 2 is 2.12 bits per heavy atom. The number of benzene rings is 1. The van der Waals surface area contributed by atoms with Gasteiger partial charge in [-0.2, -0.15) is 0 Å². The van der Waals surface area contributed by atoms with Crippen molar-refractivity contribution in [2.75, 3.05) is 48.3 Å². The average Bonchev–Trinajstić information content (AvgIpc) is 2.66. The molecule has 3 heterocycles. The average molecular weight is 404 g/mol. The van der Waals surface area contributed by atoms with Gasteiger partial charge in [0.1, 0.15) is 5.75 Å². The maximum absolute atomic E-state index is 10.1. The van der Waals surface area contributed by atoms with Crippen LogP contribution in [0.1, 0.15) is 6.42 Å². The van der Waals surface area contributed by atoms with Crippen LogP contribution in [0.5, 0.6) is 5.75 Å². The quantitative estimate of drug-likeness (QED) is 0.764. The molecule has 2 N–H and O–H groups in total. The molecule has 6 nitrogen and oxygen atoms in total. The molecule has 132 valence electrons. The van der Waals surface area contributed by atoms with Crippen molar-refractivity contribution in [1.29, 1.82) is 0 Å². The van der Waals surface area contributed by atoms with Crippen LogP contribution < -0.4 is 10.2 Å². The summed E-state index contributed by atoms with van der Waals surface area (Å²) >= 11 is 3.52. The van der Waals surface area contributed by atoms with Gasteiger partial charge in [-0.15, -0.1) is 10.2 Å². The lowest BCUT2D eigenvalue weighted by atomic mass is 10.1. The molecule has 1 saturated heterocycles. The van der Waals surface area contributed by atoms with E-state index in [0.717, 1.165) is 55.1 Å². The minimum Gasteiger partial charge on any atom is -0.507 e. The molecule has 1 fully saturated rings. The fourth-order valence-electron chi connectivity index (χ4n) is 3.66. The van der Waals surface area contributed by atoms with Crippen LogP contribution in [0.2, 0.25) is 0 Å². The Balaban J connectivity index is 1.60. The summed E-state index contributed by atoms with van der Waals surface area (Å²) in [6.45, 7) is 5.15. The van der Waals surface area contributed by atoms with Crippen molar-refractivity contribution in [3.8, 4) is 17.0 Å². The number of piperazine rings is 1. The predicted octanol–water partition coefficient (Wildman–Crippen LogP) is 2.55. The van der Waals surface area contributed by atoms with E-state index in [0.29, 0.717) is 11.7 Å². The molecular weight excluding hydrogens is 382 g/mol. The molecule has 2 aliphatic heterocycles. The first-order valence-electron chi connectivity index (χ1n) is 8.71. The number of aromatic nitrogens is 2. The number of rotatable bonds is 4. The molecule has 1 atom stereocenters. The number of alkyl halides is 1. The molecule has 1 aromatic carbocycles. The second kappa shape index (κ2) is 7.17. The summed E-state index contributed by atoms with van der Waals surface area (Å²) in [5, 5.41) is 23.2. The predicted molar refractivity (Wildman–Crippen MR) is 104 cm³/mol. The standard InChI is InChI=1S/C18H22BrN5O/c19-6-3-7-23-8-9-24-13(12-23)11-20-18-16(24)10-15(21-22-18)14-4-1-2-5-17(14)25/h1-2,4-5,10,13,25H,3,6-9,11-12H2,(H,20,22). The molecule has 0 spiro atoms. The second-order valence-corrected chi connectivity index (χ2v) is 7.34. The van der Waals surface area contributed by atoms with Gasteiger partial charge in [-0.3, -0.25) is 4.90 Å². The molecule has 25 heavy (non-hydrogen) atoms. The van der Waals surface area contributed by atoms with E-state index in [1.807, 2.05) is 24.3 Å². The Hall–Kier alpha value is -1.86. The number of para-hydroxylation sites is 1. The van der Waals surface area contributed by atoms with Crippen molar-refractivity contribution >= 4 is 27.4 Å². The van der Waals surface area contributed by atoms with Crippen molar-refractivity contribution in [3.63, 3.8) is 0 Å². The Bertz CT molecular complexity index is 756. The first-order valence-corrected chi connectivity index (χ1v) is 9.83. The van der Waals surface area contributed by atoms with Crippen LogP contribution in [-0.2, 0) is 0 Å². The van der Waals surface area contributed by atoms with Crippen LogP contribution in [0.3, 0.4) is 0 Å². The summed E-state index contributed by atoms with van der Waals surface area (Å²) in [6, 6.07) is 9.76. The zero-order valence-corrected chi connectivity index (χ0v) is 15.6. The summed E-state index contributed by atoms with van der Waals surface area (Å²) < 4.78 is 0. The monoisotopic (exact) mass is 403 g/mol. The maximum Gasteiger partial charge on any atom is 0.172 e. The van der Waals surface area contributed by atoms with E-state index in [2.05, 4.69) is 41.2 Å². The van der Waals surface area contributed by atoms with E-state index in [9.17, 15) is 5.11 Å². The lowest BCUT2D eigenvalue weighted by Gasteiger charge is -2.45. The first kappa shape index (κ1) is 16.6. The van der Waals surface area contributed by atoms with Crippen LogP contribution in [0.4, 0.5) is 11.5 Å². The van der Waals surface area contributed by atoms with E-state index >= 15 is 0 Å². The highest BCUT2D eigenvalue weighted by Crippen LogP contribution is 2.35. The van der Waals surface area contributed by atoms with Crippen molar-refractivity contribution < 1.29 is 5.11 Å². The number of hydrogen-bond acceptors (Lipinski definition) is 6. The molecule has 0 bridgehead atoms. The minimum absolute atomic E-state index is 0.233. The first-order chi connectivity index (χ1) is 12.3. The Morgan fingerprint density at radius 3 is 2.96 bits per heavy atom. The van der Waals surface area contributed by atoms with Crippen LogP contribution in [0.25, 0.3) is 11.3 Å². The number of fused-ring (bicyclic) bond motifs is 3. The van der Waals surface area contributed by atoms with Gasteiger partial charge < -0.3 is 15.3 Å². The molecule has 2 aromatic rings. The van der Waals surface area contributed by atoms with Crippen LogP contribution >= 0.6 is 15.9 Å². The number of phenolic OH excluding ortho intramolecular Hbond substituents is 1. The van der Waals surface area contributed by atoms with Crippen molar-refractivity contribution in [3.05, 3.63) is 30.3 Å². The number of nitrogens with zero attached hydrogens (tertiary/aromatic N) is 4. The van der Waals surface area contributed by atoms with Gasteiger partial charge in [0.05, 0.1) is 17.4 Å². The molecular formula is C18H22BrN5O. The number of nitrogens with one attached hydrogen (secondary N) is 1. The number of phenols is 1. The fraction of sp³-hybridized carbons (Fsp3) is 0.444. The number of aromatic hydroxyl groups is 1. The zero-order valence-electron chi connectivity index (χ0n) is 14.0. The van der Waals surface area contributed by atoms with Crippen LogP contribution in [-0.4, -0.2) is 64.3 Å². The Morgan fingerprint density at radius 1 is 1.24 bits per heavy atom. The summed E-state index contributed by atoms with van der Waals surface area (Å²) in [5.74, 6) is 1.07. The highest BCUT2D eigenvalue weighted by Gasteiger charge is 2.32. The van der Waals surface area contributed by atoms with E-state index < -0.39 is 0 Å². The van der Waals surface area contributed by atoms with E-state index in [4.69, 9.17) is 0 Å². The molecule has 0 saturated carbocycles. The minimum atomic E-state index is 0.233. The third kappa shape index (κ3) is 3.30. The van der Waals surface area contributed by atoms with E-state index in [1.54, 1.807) is 6.07 Å². The summed E-state index contributed by atoms with van der Waals surface area (Å²) in [4.78, 5) is 4.97. The molecule has 0 radical (unpaired) electrons. The third-order valence-electron chi connectivity index (χ3n) is 4.94.